The van der Waals surface area contributed by atoms with Gasteiger partial charge >= 0.3 is 5.97 Å². The fourth-order valence-corrected chi connectivity index (χ4v) is 8.75. The first-order chi connectivity index (χ1) is 29.6. The molecule has 0 aliphatic carbocycles. The number of esters is 1. The maximum atomic E-state index is 12.7. The number of nitrogens with zero attached hydrogens (tertiary/aromatic N) is 1. The molecule has 0 aromatic carbocycles. The largest absolute Gasteiger partial charge is 0.756 e. The summed E-state index contributed by atoms with van der Waals surface area (Å²) in [6.45, 7) is 5.49. The van der Waals surface area contributed by atoms with E-state index in [2.05, 4.69) is 13.8 Å². The van der Waals surface area contributed by atoms with Crippen LogP contribution >= 0.6 is 7.82 Å². The van der Waals surface area contributed by atoms with Gasteiger partial charge in [0.1, 0.15) is 19.3 Å². The van der Waals surface area contributed by atoms with Crippen LogP contribution in [-0.2, 0) is 27.9 Å². The lowest BCUT2D eigenvalue weighted by atomic mass is 10.0. The number of rotatable bonds is 51. The van der Waals surface area contributed by atoms with Crippen LogP contribution in [0.5, 0.6) is 0 Å². The Hall–Kier alpha value is -0.500. The van der Waals surface area contributed by atoms with E-state index in [9.17, 15) is 14.3 Å². The molecule has 0 heterocycles. The molecule has 0 aromatic heterocycles. The lowest BCUT2D eigenvalue weighted by molar-refractivity contribution is -0.870. The van der Waals surface area contributed by atoms with Gasteiger partial charge in [-0.25, -0.2) is 0 Å². The van der Waals surface area contributed by atoms with Crippen molar-refractivity contribution in [1.82, 2.24) is 0 Å². The Balaban J connectivity index is 3.99. The normalized spacial score (nSPS) is 13.5. The van der Waals surface area contributed by atoms with Crippen molar-refractivity contribution >= 4 is 13.8 Å². The number of ether oxygens (including phenoxy) is 2. The van der Waals surface area contributed by atoms with Gasteiger partial charge in [0.2, 0.25) is 0 Å². The fourth-order valence-electron chi connectivity index (χ4n) is 8.02. The summed E-state index contributed by atoms with van der Waals surface area (Å²) >= 11 is 0. The summed E-state index contributed by atoms with van der Waals surface area (Å²) in [5, 5.41) is 0. The number of likely N-dealkylation sites (N-methyl/N-ethyl adjacent to an activating group) is 1. The van der Waals surface area contributed by atoms with Gasteiger partial charge in [0.15, 0.2) is 0 Å². The molecule has 0 aliphatic heterocycles. The molecule has 0 bridgehead atoms. The van der Waals surface area contributed by atoms with E-state index < -0.39 is 13.9 Å². The quantitative estimate of drug-likeness (QED) is 0.0260. The van der Waals surface area contributed by atoms with Crippen molar-refractivity contribution in [3.63, 3.8) is 0 Å². The van der Waals surface area contributed by atoms with Crippen molar-refractivity contribution in [1.29, 1.82) is 0 Å². The van der Waals surface area contributed by atoms with Gasteiger partial charge in [-0.15, -0.1) is 0 Å². The van der Waals surface area contributed by atoms with E-state index in [0.717, 1.165) is 32.1 Å². The molecule has 0 rings (SSSR count). The third kappa shape index (κ3) is 50.4. The Bertz CT molecular complexity index is 945. The summed E-state index contributed by atoms with van der Waals surface area (Å²) in [4.78, 5) is 25.2. The molecule has 0 saturated heterocycles. The van der Waals surface area contributed by atoms with Crippen LogP contribution in [0, 0.1) is 0 Å². The lowest BCUT2D eigenvalue weighted by Gasteiger charge is -2.28. The minimum absolute atomic E-state index is 0.0317. The molecule has 0 fully saturated rings. The second-order valence-electron chi connectivity index (χ2n) is 19.6. The van der Waals surface area contributed by atoms with Gasteiger partial charge in [-0.05, 0) is 12.8 Å². The first-order valence-electron chi connectivity index (χ1n) is 26.8. The zero-order chi connectivity index (χ0) is 44.8. The molecular weight excluding hydrogens is 782 g/mol. The summed E-state index contributed by atoms with van der Waals surface area (Å²) < 4.78 is 34.8. The predicted molar refractivity (Wildman–Crippen MR) is 259 cm³/mol. The van der Waals surface area contributed by atoms with E-state index in [1.165, 1.54) is 218 Å². The number of phosphoric ester groups is 1. The van der Waals surface area contributed by atoms with Crippen LogP contribution in [0.3, 0.4) is 0 Å². The first-order valence-corrected chi connectivity index (χ1v) is 28.2. The van der Waals surface area contributed by atoms with Crippen molar-refractivity contribution in [2.24, 2.45) is 0 Å². The summed E-state index contributed by atoms with van der Waals surface area (Å²) in [6.07, 6.45) is 51.3. The molecule has 0 saturated carbocycles. The van der Waals surface area contributed by atoms with Crippen LogP contribution in [0.1, 0.15) is 271 Å². The number of unbranched alkanes of at least 4 members (excludes halogenated alkanes) is 37. The Morgan fingerprint density at radius 2 is 0.754 bits per heavy atom. The van der Waals surface area contributed by atoms with Gasteiger partial charge in [-0.3, -0.25) is 9.36 Å². The second kappa shape index (κ2) is 46.0. The zero-order valence-corrected chi connectivity index (χ0v) is 42.5. The van der Waals surface area contributed by atoms with Crippen LogP contribution in [0.2, 0.25) is 0 Å². The highest BCUT2D eigenvalue weighted by Crippen LogP contribution is 2.38. The van der Waals surface area contributed by atoms with Crippen LogP contribution in [0.4, 0.5) is 0 Å². The zero-order valence-electron chi connectivity index (χ0n) is 41.6. The number of phosphoric acid groups is 1. The summed E-state index contributed by atoms with van der Waals surface area (Å²) in [7, 11) is 1.38. The van der Waals surface area contributed by atoms with Gasteiger partial charge < -0.3 is 27.9 Å². The highest BCUT2D eigenvalue weighted by Gasteiger charge is 2.20. The molecule has 0 radical (unpaired) electrons. The number of quaternary nitrogens is 1. The maximum Gasteiger partial charge on any atom is 0.306 e. The molecule has 0 aliphatic rings. The first kappa shape index (κ1) is 60.5. The molecule has 9 heteroatoms. The highest BCUT2D eigenvalue weighted by molar-refractivity contribution is 7.45. The molecule has 366 valence electrons. The summed E-state index contributed by atoms with van der Waals surface area (Å²) in [5.41, 5.74) is 0. The SMILES string of the molecule is CCCCCCCCCCCCCCCCCCCCCCCCCCCC(=O)O[C@H](COCCCCCCCCCCCCCCCC)COP(=O)([O-])OCC[N+](C)(C)C. The van der Waals surface area contributed by atoms with Gasteiger partial charge in [0.05, 0.1) is 34.4 Å². The monoisotopic (exact) mass is 888 g/mol. The van der Waals surface area contributed by atoms with Crippen LogP contribution < -0.4 is 4.89 Å². The van der Waals surface area contributed by atoms with Gasteiger partial charge in [-0.2, -0.15) is 0 Å². The molecule has 2 atom stereocenters. The average Bonchev–Trinajstić information content (AvgIpc) is 3.22. The Morgan fingerprint density at radius 1 is 0.443 bits per heavy atom. The van der Waals surface area contributed by atoms with E-state index in [1.54, 1.807) is 0 Å². The van der Waals surface area contributed by atoms with Crippen molar-refractivity contribution in [2.45, 2.75) is 277 Å². The van der Waals surface area contributed by atoms with Gasteiger partial charge in [0.25, 0.3) is 7.82 Å². The molecule has 0 aromatic rings. The molecule has 8 nitrogen and oxygen atoms in total. The fraction of sp³-hybridized carbons (Fsp3) is 0.981. The highest BCUT2D eigenvalue weighted by atomic mass is 31.2. The van der Waals surface area contributed by atoms with Crippen molar-refractivity contribution < 1.29 is 37.3 Å². The topological polar surface area (TPSA) is 94.1 Å². The smallest absolute Gasteiger partial charge is 0.306 e. The van der Waals surface area contributed by atoms with Crippen molar-refractivity contribution in [2.75, 3.05) is 54.1 Å². The van der Waals surface area contributed by atoms with E-state index in [4.69, 9.17) is 18.5 Å². The molecule has 1 unspecified atom stereocenters. The predicted octanol–water partition coefficient (Wildman–Crippen LogP) is 15.8. The Labute approximate surface area is 380 Å². The van der Waals surface area contributed by atoms with E-state index in [1.807, 2.05) is 21.1 Å². The third-order valence-corrected chi connectivity index (χ3v) is 13.1. The third-order valence-electron chi connectivity index (χ3n) is 12.2. The van der Waals surface area contributed by atoms with Gasteiger partial charge in [-0.1, -0.05) is 251 Å². The van der Waals surface area contributed by atoms with E-state index in [-0.39, 0.29) is 25.8 Å². The van der Waals surface area contributed by atoms with E-state index in [0.29, 0.717) is 24.1 Å². The summed E-state index contributed by atoms with van der Waals surface area (Å²) in [6, 6.07) is 0. The lowest BCUT2D eigenvalue weighted by Crippen LogP contribution is -2.37. The Morgan fingerprint density at radius 3 is 1.08 bits per heavy atom. The molecule has 61 heavy (non-hydrogen) atoms. The van der Waals surface area contributed by atoms with Crippen LogP contribution in [0.25, 0.3) is 0 Å². The number of hydrogen-bond donors (Lipinski definition) is 0. The minimum Gasteiger partial charge on any atom is -0.756 e. The van der Waals surface area contributed by atoms with Gasteiger partial charge in [0, 0.05) is 13.0 Å². The standard InChI is InChI=1S/C52H106NO7P/c1-6-8-10-12-14-16-18-20-22-23-24-25-26-27-28-29-30-31-32-33-35-37-39-41-43-45-52(54)60-51(50-59-61(55,56)58-48-46-53(3,4)5)49-57-47-44-42-40-38-36-34-21-19-17-15-13-11-9-7-2/h51H,6-50H2,1-5H3/t51-/m1/s1. The molecular formula is C52H106NO7P. The van der Waals surface area contributed by atoms with Crippen LogP contribution in [0.15, 0.2) is 0 Å². The average molecular weight is 888 g/mol. The number of carbonyl (C=O) groups is 1. The van der Waals surface area contributed by atoms with Crippen molar-refractivity contribution in [3.05, 3.63) is 0 Å². The molecule has 0 spiro atoms. The molecule has 0 amide bonds. The summed E-state index contributed by atoms with van der Waals surface area (Å²) in [5.74, 6) is -0.325. The van der Waals surface area contributed by atoms with Crippen molar-refractivity contribution in [3.8, 4) is 0 Å². The minimum atomic E-state index is -4.52. The van der Waals surface area contributed by atoms with E-state index >= 15 is 0 Å². The second-order valence-corrected chi connectivity index (χ2v) is 21.0. The van der Waals surface area contributed by atoms with Crippen LogP contribution in [-0.4, -0.2) is 70.7 Å². The number of hydrogen-bond acceptors (Lipinski definition) is 7. The Kier molecular flexibility index (Phi) is 45.7. The molecule has 0 N–H and O–H groups in total. The number of carbonyl (C=O) groups excluding carboxylic acids is 1. The maximum absolute atomic E-state index is 12.7.